The van der Waals surface area contributed by atoms with E-state index in [-0.39, 0.29) is 12.2 Å². The molecule has 176 valence electrons. The van der Waals surface area contributed by atoms with Crippen molar-refractivity contribution >= 4 is 17.3 Å². The Kier molecular flexibility index (Phi) is 6.98. The van der Waals surface area contributed by atoms with Gasteiger partial charge in [-0.3, -0.25) is 0 Å². The minimum atomic E-state index is -1.55. The van der Waals surface area contributed by atoms with E-state index in [0.717, 1.165) is 28.0 Å². The molecule has 6 nitrogen and oxygen atoms in total. The van der Waals surface area contributed by atoms with Crippen molar-refractivity contribution < 1.29 is 28.2 Å². The van der Waals surface area contributed by atoms with Crippen LogP contribution < -0.4 is 9.47 Å². The van der Waals surface area contributed by atoms with Gasteiger partial charge in [-0.15, -0.1) is 11.3 Å². The van der Waals surface area contributed by atoms with E-state index in [4.69, 9.17) is 13.9 Å². The van der Waals surface area contributed by atoms with Crippen LogP contribution >= 0.6 is 11.3 Å². The molecule has 0 aliphatic heterocycles. The number of benzene rings is 2. The molecule has 0 saturated heterocycles. The summed E-state index contributed by atoms with van der Waals surface area (Å²) in [5, 5.41) is 11.7. The molecule has 0 bridgehead atoms. The maximum absolute atomic E-state index is 13.5. The van der Waals surface area contributed by atoms with Crippen molar-refractivity contribution in [2.24, 2.45) is 0 Å². The lowest BCUT2D eigenvalue weighted by Crippen LogP contribution is -2.43. The first-order valence-electron chi connectivity index (χ1n) is 10.7. The fourth-order valence-corrected chi connectivity index (χ4v) is 4.12. The number of ether oxygens (including phenoxy) is 2. The van der Waals surface area contributed by atoms with E-state index in [9.17, 15) is 14.3 Å². The van der Waals surface area contributed by atoms with Gasteiger partial charge in [0, 0.05) is 18.9 Å². The molecule has 34 heavy (non-hydrogen) atoms. The first-order valence-corrected chi connectivity index (χ1v) is 11.6. The number of carbonyl (C=O) groups is 1. The number of halogens is 1. The van der Waals surface area contributed by atoms with Gasteiger partial charge in [0.05, 0.1) is 17.2 Å². The Balaban J connectivity index is 1.35. The second kappa shape index (κ2) is 10.1. The Labute approximate surface area is 200 Å². The number of carboxylic acid groups (broad SMARTS) is 1. The zero-order valence-electron chi connectivity index (χ0n) is 18.8. The highest BCUT2D eigenvalue weighted by molar-refractivity contribution is 7.13. The summed E-state index contributed by atoms with van der Waals surface area (Å²) in [6.07, 6.45) is 0.698. The molecule has 1 N–H and O–H groups in total. The summed E-state index contributed by atoms with van der Waals surface area (Å²) in [7, 11) is 0. The number of carboxylic acids is 1. The third-order valence-electron chi connectivity index (χ3n) is 5.29. The summed E-state index contributed by atoms with van der Waals surface area (Å²) < 4.78 is 30.7. The quantitative estimate of drug-likeness (QED) is 0.302. The second-order valence-electron chi connectivity index (χ2n) is 8.01. The van der Waals surface area contributed by atoms with E-state index in [0.29, 0.717) is 24.7 Å². The van der Waals surface area contributed by atoms with E-state index in [1.54, 1.807) is 35.6 Å². The van der Waals surface area contributed by atoms with Crippen molar-refractivity contribution in [2.45, 2.75) is 32.3 Å². The van der Waals surface area contributed by atoms with E-state index in [1.807, 2.05) is 24.4 Å². The molecule has 2 aromatic carbocycles. The fraction of sp³-hybridized carbons (Fsp3) is 0.231. The minimum absolute atomic E-state index is 0.1000. The summed E-state index contributed by atoms with van der Waals surface area (Å²) in [6, 6.07) is 16.5. The van der Waals surface area contributed by atoms with Gasteiger partial charge < -0.3 is 19.0 Å². The number of aryl methyl sites for hydroxylation is 1. The third-order valence-corrected chi connectivity index (χ3v) is 6.15. The molecule has 0 fully saturated rings. The zero-order chi connectivity index (χ0) is 24.1. The molecule has 4 aromatic rings. The molecular weight excluding hydrogens is 457 g/mol. The summed E-state index contributed by atoms with van der Waals surface area (Å²) in [5.74, 6) is 0.585. The third kappa shape index (κ3) is 5.63. The molecule has 4 rings (SSSR count). The SMILES string of the molecule is Cc1oc(-c2cccs2)nc1CCOc1ccc(CC(C)(Oc2cccc(F)c2)C(=O)O)cc1. The molecule has 0 aliphatic rings. The number of hydrogen-bond donors (Lipinski definition) is 1. The number of rotatable bonds is 10. The Bertz CT molecular complexity index is 1250. The molecule has 1 unspecified atom stereocenters. The van der Waals surface area contributed by atoms with Crippen molar-refractivity contribution in [3.8, 4) is 22.3 Å². The molecule has 0 radical (unpaired) electrons. The molecular formula is C26H24FNO5S. The van der Waals surface area contributed by atoms with E-state index in [2.05, 4.69) is 4.98 Å². The summed E-state index contributed by atoms with van der Waals surface area (Å²) in [4.78, 5) is 17.5. The van der Waals surface area contributed by atoms with Crippen LogP contribution in [0.2, 0.25) is 0 Å². The first kappa shape index (κ1) is 23.5. The van der Waals surface area contributed by atoms with Crippen LogP contribution in [0.3, 0.4) is 0 Å². The molecule has 0 amide bonds. The van der Waals surface area contributed by atoms with Crippen LogP contribution in [-0.2, 0) is 17.6 Å². The lowest BCUT2D eigenvalue weighted by Gasteiger charge is -2.26. The Morgan fingerprint density at radius 2 is 1.94 bits per heavy atom. The highest BCUT2D eigenvalue weighted by Crippen LogP contribution is 2.27. The Morgan fingerprint density at radius 3 is 2.62 bits per heavy atom. The monoisotopic (exact) mass is 481 g/mol. The van der Waals surface area contributed by atoms with Crippen LogP contribution in [-0.4, -0.2) is 28.3 Å². The fourth-order valence-electron chi connectivity index (χ4n) is 3.47. The first-order chi connectivity index (χ1) is 16.3. The maximum Gasteiger partial charge on any atom is 0.348 e. The van der Waals surface area contributed by atoms with E-state index >= 15 is 0 Å². The van der Waals surface area contributed by atoms with Crippen molar-refractivity contribution in [3.05, 3.63) is 88.9 Å². The molecule has 2 aromatic heterocycles. The number of nitrogens with zero attached hydrogens (tertiary/aromatic N) is 1. The molecule has 2 heterocycles. The minimum Gasteiger partial charge on any atom is -0.493 e. The highest BCUT2D eigenvalue weighted by Gasteiger charge is 2.36. The van der Waals surface area contributed by atoms with Gasteiger partial charge in [-0.1, -0.05) is 24.3 Å². The highest BCUT2D eigenvalue weighted by atomic mass is 32.1. The van der Waals surface area contributed by atoms with Crippen LogP contribution in [0.5, 0.6) is 11.5 Å². The molecule has 0 aliphatic carbocycles. The lowest BCUT2D eigenvalue weighted by atomic mass is 9.96. The van der Waals surface area contributed by atoms with Crippen molar-refractivity contribution in [1.82, 2.24) is 4.98 Å². The van der Waals surface area contributed by atoms with Gasteiger partial charge in [-0.25, -0.2) is 14.2 Å². The van der Waals surface area contributed by atoms with Crippen molar-refractivity contribution in [3.63, 3.8) is 0 Å². The van der Waals surface area contributed by atoms with Gasteiger partial charge in [0.2, 0.25) is 11.5 Å². The van der Waals surface area contributed by atoms with E-state index < -0.39 is 17.4 Å². The number of aromatic nitrogens is 1. The molecule has 0 saturated carbocycles. The predicted molar refractivity (Wildman–Crippen MR) is 127 cm³/mol. The predicted octanol–water partition coefficient (Wildman–Crippen LogP) is 5.94. The number of hydrogen-bond acceptors (Lipinski definition) is 6. The van der Waals surface area contributed by atoms with Crippen LogP contribution in [0, 0.1) is 12.7 Å². The van der Waals surface area contributed by atoms with Crippen LogP contribution in [0.4, 0.5) is 4.39 Å². The van der Waals surface area contributed by atoms with Crippen molar-refractivity contribution in [2.75, 3.05) is 6.61 Å². The zero-order valence-corrected chi connectivity index (χ0v) is 19.6. The average Bonchev–Trinajstić information content (AvgIpc) is 3.45. The standard InChI is InChI=1S/C26H24FNO5S/c1-17-22(28-24(32-17)23-7-4-14-34-23)12-13-31-20-10-8-18(9-11-20)16-26(2,25(29)30)33-21-6-3-5-19(27)15-21/h3-11,14-15H,12-13,16H2,1-2H3,(H,29,30). The van der Waals surface area contributed by atoms with Crippen molar-refractivity contribution in [1.29, 1.82) is 0 Å². The Hall–Kier alpha value is -3.65. The van der Waals surface area contributed by atoms with Crippen LogP contribution in [0.25, 0.3) is 10.8 Å². The lowest BCUT2D eigenvalue weighted by molar-refractivity contribution is -0.153. The molecule has 8 heteroatoms. The molecule has 0 spiro atoms. The normalized spacial score (nSPS) is 12.8. The maximum atomic E-state index is 13.5. The smallest absolute Gasteiger partial charge is 0.348 e. The van der Waals surface area contributed by atoms with E-state index in [1.165, 1.54) is 25.1 Å². The van der Waals surface area contributed by atoms with Gasteiger partial charge in [0.25, 0.3) is 0 Å². The average molecular weight is 482 g/mol. The molecule has 1 atom stereocenters. The summed E-state index contributed by atoms with van der Waals surface area (Å²) in [6.45, 7) is 3.78. The van der Waals surface area contributed by atoms with Gasteiger partial charge in [0.15, 0.2) is 0 Å². The number of aliphatic carboxylic acids is 1. The largest absolute Gasteiger partial charge is 0.493 e. The summed E-state index contributed by atoms with van der Waals surface area (Å²) in [5.41, 5.74) is 0.0503. The number of thiophene rings is 1. The Morgan fingerprint density at radius 1 is 1.15 bits per heavy atom. The second-order valence-corrected chi connectivity index (χ2v) is 8.96. The van der Waals surface area contributed by atoms with Gasteiger partial charge in [-0.05, 0) is 55.1 Å². The van der Waals surface area contributed by atoms with Crippen LogP contribution in [0.1, 0.15) is 23.9 Å². The van der Waals surface area contributed by atoms with Gasteiger partial charge in [-0.2, -0.15) is 0 Å². The number of oxazole rings is 1. The van der Waals surface area contributed by atoms with Crippen LogP contribution in [0.15, 0.2) is 70.5 Å². The van der Waals surface area contributed by atoms with Gasteiger partial charge >= 0.3 is 5.97 Å². The van der Waals surface area contributed by atoms with Gasteiger partial charge in [0.1, 0.15) is 23.1 Å². The topological polar surface area (TPSA) is 81.8 Å². The summed E-state index contributed by atoms with van der Waals surface area (Å²) >= 11 is 1.58.